The molecule has 1 fully saturated rings. The summed E-state index contributed by atoms with van der Waals surface area (Å²) in [6.45, 7) is 10.5. The van der Waals surface area contributed by atoms with E-state index in [0.29, 0.717) is 72.3 Å². The summed E-state index contributed by atoms with van der Waals surface area (Å²) in [6.07, 6.45) is 4.51. The van der Waals surface area contributed by atoms with Gasteiger partial charge in [-0.05, 0) is 69.4 Å². The average molecular weight is 645 g/mol. The molecule has 2 aliphatic heterocycles. The summed E-state index contributed by atoms with van der Waals surface area (Å²) in [7, 11) is 0. The molecule has 2 N–H and O–H groups in total. The fourth-order valence-corrected chi connectivity index (χ4v) is 6.08. The van der Waals surface area contributed by atoms with Crippen LogP contribution in [0.15, 0.2) is 48.8 Å². The summed E-state index contributed by atoms with van der Waals surface area (Å²) in [5.74, 6) is -0.353. The topological polar surface area (TPSA) is 122 Å². The minimum Gasteiger partial charge on any atom is -0.443 e. The van der Waals surface area contributed by atoms with Gasteiger partial charge in [0.1, 0.15) is 22.9 Å². The smallest absolute Gasteiger partial charge is 0.417 e. The molecular weight excluding hydrogens is 603 g/mol. The van der Waals surface area contributed by atoms with E-state index in [2.05, 4.69) is 22.1 Å². The predicted octanol–water partition coefficient (Wildman–Crippen LogP) is 5.71. The number of aliphatic hydroxyl groups excluding tert-OH is 1. The molecule has 248 valence electrons. The highest BCUT2D eigenvalue weighted by Crippen LogP contribution is 2.39. The molecule has 1 atom stereocenters. The Bertz CT molecular complexity index is 1800. The van der Waals surface area contributed by atoms with E-state index in [-0.39, 0.29) is 12.6 Å². The van der Waals surface area contributed by atoms with Crippen LogP contribution in [0, 0.1) is 5.82 Å². The molecule has 2 amide bonds. The third kappa shape index (κ3) is 7.14. The summed E-state index contributed by atoms with van der Waals surface area (Å²) >= 11 is 0. The fraction of sp³-hybridized carbons (Fsp3) is 0.429. The van der Waals surface area contributed by atoms with Gasteiger partial charge in [0.15, 0.2) is 0 Å². The normalized spacial score (nSPS) is 16.7. The zero-order valence-corrected chi connectivity index (χ0v) is 27.3. The van der Waals surface area contributed by atoms with Gasteiger partial charge in [0.2, 0.25) is 0 Å². The molecule has 0 radical (unpaired) electrons. The number of nitrogens with one attached hydrogen (secondary N) is 1. The van der Waals surface area contributed by atoms with E-state index in [1.54, 1.807) is 43.6 Å². The van der Waals surface area contributed by atoms with Crippen molar-refractivity contribution in [2.45, 2.75) is 71.8 Å². The molecule has 0 bridgehead atoms. The first-order valence-electron chi connectivity index (χ1n) is 16.1. The van der Waals surface area contributed by atoms with Crippen molar-refractivity contribution in [3.63, 3.8) is 0 Å². The quantitative estimate of drug-likeness (QED) is 0.209. The van der Waals surface area contributed by atoms with Crippen LogP contribution in [0.3, 0.4) is 0 Å². The van der Waals surface area contributed by atoms with Gasteiger partial charge in [0, 0.05) is 44.1 Å². The lowest BCUT2D eigenvalue weighted by Gasteiger charge is -2.23. The second kappa shape index (κ2) is 13.4. The van der Waals surface area contributed by atoms with Crippen molar-refractivity contribution >= 4 is 29.2 Å². The van der Waals surface area contributed by atoms with Crippen molar-refractivity contribution in [1.82, 2.24) is 24.2 Å². The number of imide groups is 1. The highest BCUT2D eigenvalue weighted by atomic mass is 19.1. The number of rotatable bonds is 10. The van der Waals surface area contributed by atoms with E-state index >= 15 is 0 Å². The molecule has 11 nitrogen and oxygen atoms in total. The van der Waals surface area contributed by atoms with Crippen LogP contribution in [0.4, 0.5) is 20.7 Å². The SMILES string of the molecule is CCCOCCc1ccc(Nc2ccc(-c3cnc4cc(F)ccn34)c3c2C(=O)N(C(=O)OC(C)(C)C)C3)nc1CN1CC[C@H](O)C1. The van der Waals surface area contributed by atoms with E-state index in [9.17, 15) is 19.1 Å². The molecule has 4 aromatic rings. The van der Waals surface area contributed by atoms with E-state index in [1.807, 2.05) is 18.2 Å². The number of carbonyl (C=O) groups excluding carboxylic acids is 2. The molecule has 0 spiro atoms. The van der Waals surface area contributed by atoms with Crippen LogP contribution in [-0.4, -0.2) is 79.3 Å². The van der Waals surface area contributed by atoms with Gasteiger partial charge in [-0.25, -0.2) is 24.1 Å². The van der Waals surface area contributed by atoms with Gasteiger partial charge in [-0.3, -0.25) is 14.1 Å². The van der Waals surface area contributed by atoms with Crippen LogP contribution in [0.5, 0.6) is 0 Å². The first-order chi connectivity index (χ1) is 22.5. The van der Waals surface area contributed by atoms with Crippen molar-refractivity contribution in [3.05, 3.63) is 77.0 Å². The number of aromatic nitrogens is 3. The average Bonchev–Trinajstić information content (AvgIpc) is 3.72. The van der Waals surface area contributed by atoms with E-state index in [4.69, 9.17) is 14.5 Å². The molecule has 6 rings (SSSR count). The van der Waals surface area contributed by atoms with Gasteiger partial charge >= 0.3 is 6.09 Å². The summed E-state index contributed by atoms with van der Waals surface area (Å²) in [5.41, 5.74) is 4.35. The number of hydrogen-bond acceptors (Lipinski definition) is 9. The number of pyridine rings is 2. The van der Waals surface area contributed by atoms with Gasteiger partial charge in [0.05, 0.1) is 48.1 Å². The molecule has 1 aromatic carbocycles. The Labute approximate surface area is 273 Å². The first kappa shape index (κ1) is 32.5. The molecular formula is C35H41FN6O5. The summed E-state index contributed by atoms with van der Waals surface area (Å²) < 4.78 is 27.0. The van der Waals surface area contributed by atoms with E-state index in [1.165, 1.54) is 12.1 Å². The molecule has 1 saturated heterocycles. The maximum atomic E-state index is 14.0. The zero-order valence-electron chi connectivity index (χ0n) is 27.3. The number of halogens is 1. The lowest BCUT2D eigenvalue weighted by atomic mass is 9.99. The van der Waals surface area contributed by atoms with Crippen molar-refractivity contribution in [3.8, 4) is 11.3 Å². The Morgan fingerprint density at radius 3 is 2.74 bits per heavy atom. The third-order valence-electron chi connectivity index (χ3n) is 8.27. The third-order valence-corrected chi connectivity index (χ3v) is 8.27. The molecule has 12 heteroatoms. The number of anilines is 2. The number of benzene rings is 1. The number of nitrogens with zero attached hydrogens (tertiary/aromatic N) is 5. The highest BCUT2D eigenvalue weighted by Gasteiger charge is 2.39. The number of hydrogen-bond donors (Lipinski definition) is 2. The Morgan fingerprint density at radius 1 is 1.17 bits per heavy atom. The number of β-amino-alcohol motifs (C(OH)–C–C–N with tert-alkyl or cyclic N) is 1. The van der Waals surface area contributed by atoms with Gasteiger partial charge in [-0.1, -0.05) is 19.1 Å². The largest absolute Gasteiger partial charge is 0.443 e. The van der Waals surface area contributed by atoms with Crippen LogP contribution < -0.4 is 5.32 Å². The predicted molar refractivity (Wildman–Crippen MR) is 175 cm³/mol. The number of likely N-dealkylation sites (tertiary alicyclic amines) is 1. The second-order valence-corrected chi connectivity index (χ2v) is 13.1. The number of imidazole rings is 1. The van der Waals surface area contributed by atoms with Gasteiger partial charge in [0.25, 0.3) is 5.91 Å². The van der Waals surface area contributed by atoms with Crippen LogP contribution in [0.25, 0.3) is 16.9 Å². The lowest BCUT2D eigenvalue weighted by Crippen LogP contribution is -2.37. The Morgan fingerprint density at radius 2 is 2.00 bits per heavy atom. The number of aliphatic hydroxyl groups is 1. The Balaban J connectivity index is 1.37. The Kier molecular flexibility index (Phi) is 9.27. The minimum absolute atomic E-state index is 0.00494. The monoisotopic (exact) mass is 644 g/mol. The first-order valence-corrected chi connectivity index (χ1v) is 16.1. The maximum Gasteiger partial charge on any atom is 0.417 e. The molecule has 2 aliphatic rings. The van der Waals surface area contributed by atoms with Crippen molar-refractivity contribution in [1.29, 1.82) is 0 Å². The molecule has 5 heterocycles. The van der Waals surface area contributed by atoms with E-state index < -0.39 is 23.4 Å². The zero-order chi connectivity index (χ0) is 33.3. The van der Waals surface area contributed by atoms with Crippen molar-refractivity contribution in [2.75, 3.05) is 31.6 Å². The molecule has 47 heavy (non-hydrogen) atoms. The van der Waals surface area contributed by atoms with Gasteiger partial charge in [-0.15, -0.1) is 0 Å². The molecule has 0 aliphatic carbocycles. The maximum absolute atomic E-state index is 14.0. The number of fused-ring (bicyclic) bond motifs is 2. The van der Waals surface area contributed by atoms with E-state index in [0.717, 1.165) is 35.5 Å². The van der Waals surface area contributed by atoms with Gasteiger partial charge in [-0.2, -0.15) is 0 Å². The lowest BCUT2D eigenvalue weighted by molar-refractivity contribution is 0.0248. The standard InChI is InChI=1S/C35H41FN6O5/c1-5-15-46-16-12-22-6-9-30(39-28(22)21-40-13-11-24(43)19-40)38-27-8-7-25(29-18-37-31-17-23(36)10-14-41(29)31)26-20-42(33(44)32(26)27)34(45)47-35(2,3)4/h6-10,14,17-18,24,43H,5,11-13,15-16,19-21H2,1-4H3,(H,38,39)/t24-/m0/s1. The number of amides is 2. The molecule has 0 saturated carbocycles. The molecule has 0 unspecified atom stereocenters. The summed E-state index contributed by atoms with van der Waals surface area (Å²) in [5, 5.41) is 13.5. The van der Waals surface area contributed by atoms with Gasteiger partial charge < -0.3 is 19.9 Å². The van der Waals surface area contributed by atoms with Crippen molar-refractivity contribution < 1.29 is 28.6 Å². The van der Waals surface area contributed by atoms with Crippen molar-refractivity contribution in [2.24, 2.45) is 0 Å². The number of carbonyl (C=O) groups is 2. The van der Waals surface area contributed by atoms with Crippen LogP contribution >= 0.6 is 0 Å². The molecule has 3 aromatic heterocycles. The summed E-state index contributed by atoms with van der Waals surface area (Å²) in [4.78, 5) is 39.8. The fourth-order valence-electron chi connectivity index (χ4n) is 6.08. The minimum atomic E-state index is -0.795. The Hall–Kier alpha value is -4.39. The highest BCUT2D eigenvalue weighted by molar-refractivity contribution is 6.11. The number of ether oxygens (including phenoxy) is 2. The summed E-state index contributed by atoms with van der Waals surface area (Å²) in [6, 6.07) is 10.2. The van der Waals surface area contributed by atoms with Crippen LogP contribution in [0.2, 0.25) is 0 Å². The van der Waals surface area contributed by atoms with Crippen LogP contribution in [0.1, 0.15) is 67.7 Å². The second-order valence-electron chi connectivity index (χ2n) is 13.1. The van der Waals surface area contributed by atoms with Crippen LogP contribution in [-0.2, 0) is 29.0 Å².